The van der Waals surface area contributed by atoms with E-state index in [2.05, 4.69) is 31.3 Å². The molecule has 0 fully saturated rings. The predicted molar refractivity (Wildman–Crippen MR) is 310 cm³/mol. The molecular formula is C65H125NO5. The average molecular weight is 1000 g/mol. The summed E-state index contributed by atoms with van der Waals surface area (Å²) in [5, 5.41) is 23.2. The number of carbonyl (C=O) groups is 2. The largest absolute Gasteiger partial charge is 0.466 e. The monoisotopic (exact) mass is 1000 g/mol. The van der Waals surface area contributed by atoms with Gasteiger partial charge < -0.3 is 20.3 Å². The summed E-state index contributed by atoms with van der Waals surface area (Å²) in [6.07, 6.45) is 75.0. The molecule has 1 amide bonds. The van der Waals surface area contributed by atoms with Crippen LogP contribution in [0, 0.1) is 0 Å². The van der Waals surface area contributed by atoms with Crippen LogP contribution in [0.3, 0.4) is 0 Å². The van der Waals surface area contributed by atoms with E-state index in [1.165, 1.54) is 270 Å². The predicted octanol–water partition coefficient (Wildman–Crippen LogP) is 20.2. The summed E-state index contributed by atoms with van der Waals surface area (Å²) in [6.45, 7) is 4.92. The number of aliphatic hydroxyl groups is 2. The Morgan fingerprint density at radius 2 is 0.662 bits per heavy atom. The third kappa shape index (κ3) is 57.5. The summed E-state index contributed by atoms with van der Waals surface area (Å²) in [6, 6.07) is -0.637. The number of unbranched alkanes of at least 4 members (excludes halogenated alkanes) is 47. The van der Waals surface area contributed by atoms with Gasteiger partial charge in [0.2, 0.25) is 5.91 Å². The van der Waals surface area contributed by atoms with Gasteiger partial charge in [0.25, 0.3) is 0 Å². The second-order valence-corrected chi connectivity index (χ2v) is 22.1. The van der Waals surface area contributed by atoms with Crippen molar-refractivity contribution < 1.29 is 24.5 Å². The minimum Gasteiger partial charge on any atom is -0.466 e. The van der Waals surface area contributed by atoms with Crippen LogP contribution in [0.2, 0.25) is 0 Å². The maximum absolute atomic E-state index is 12.5. The maximum Gasteiger partial charge on any atom is 0.305 e. The molecule has 0 spiro atoms. The summed E-state index contributed by atoms with van der Waals surface area (Å²) in [7, 11) is 0. The van der Waals surface area contributed by atoms with Gasteiger partial charge in [-0.05, 0) is 57.8 Å². The van der Waals surface area contributed by atoms with Crippen LogP contribution < -0.4 is 5.32 Å². The molecule has 0 aromatic rings. The standard InChI is InChI=1S/C65H125NO5/c1-3-5-7-9-11-13-15-17-19-21-22-23-26-29-33-37-41-45-49-53-57-63(68)62(61-67)66-64(69)58-54-50-46-42-38-34-30-27-24-28-32-36-40-44-48-52-56-60-71-65(70)59-55-51-47-43-39-35-31-25-20-18-16-14-12-10-8-6-4-2/h24,28,53,57,62-63,67-68H,3-23,25-27,29-52,54-56,58-61H2,1-2H3,(H,66,69)/b28-24-,57-53+. The van der Waals surface area contributed by atoms with E-state index in [4.69, 9.17) is 4.74 Å². The Hall–Kier alpha value is -1.66. The SMILES string of the molecule is CCCCCCCCCCCCCCCCCCCC/C=C/C(O)C(CO)NC(=O)CCCCCCCCC/C=C\CCCCCCCCOC(=O)CCCCCCCCCCCCCCCCCCC. The van der Waals surface area contributed by atoms with Gasteiger partial charge in [0.1, 0.15) is 0 Å². The molecule has 0 bridgehead atoms. The third-order valence-corrected chi connectivity index (χ3v) is 15.0. The van der Waals surface area contributed by atoms with Crippen LogP contribution in [0.15, 0.2) is 24.3 Å². The van der Waals surface area contributed by atoms with Crippen molar-refractivity contribution >= 4 is 11.9 Å². The second-order valence-electron chi connectivity index (χ2n) is 22.1. The molecule has 2 unspecified atom stereocenters. The van der Waals surface area contributed by atoms with Crippen LogP contribution in [0.25, 0.3) is 0 Å². The van der Waals surface area contributed by atoms with Crippen molar-refractivity contribution in [2.75, 3.05) is 13.2 Å². The first kappa shape index (κ1) is 69.3. The summed E-state index contributed by atoms with van der Waals surface area (Å²) in [4.78, 5) is 24.6. The first-order valence-electron chi connectivity index (χ1n) is 32.1. The Bertz CT molecular complexity index is 1110. The molecule has 0 saturated carbocycles. The van der Waals surface area contributed by atoms with E-state index >= 15 is 0 Å². The second kappa shape index (κ2) is 60.9. The van der Waals surface area contributed by atoms with Crippen molar-refractivity contribution in [2.24, 2.45) is 0 Å². The van der Waals surface area contributed by atoms with Gasteiger partial charge in [-0.15, -0.1) is 0 Å². The van der Waals surface area contributed by atoms with E-state index in [0.29, 0.717) is 19.4 Å². The van der Waals surface area contributed by atoms with Gasteiger partial charge in [0.05, 0.1) is 25.4 Å². The van der Waals surface area contributed by atoms with Gasteiger partial charge >= 0.3 is 5.97 Å². The summed E-state index contributed by atoms with van der Waals surface area (Å²) in [5.41, 5.74) is 0. The minimum atomic E-state index is -0.853. The summed E-state index contributed by atoms with van der Waals surface area (Å²) in [5.74, 6) is -0.0749. The molecule has 0 aliphatic carbocycles. The number of esters is 1. The molecule has 0 radical (unpaired) electrons. The zero-order chi connectivity index (χ0) is 51.4. The third-order valence-electron chi connectivity index (χ3n) is 15.0. The normalized spacial score (nSPS) is 12.7. The maximum atomic E-state index is 12.5. The molecule has 2 atom stereocenters. The molecule has 0 rings (SSSR count). The highest BCUT2D eigenvalue weighted by molar-refractivity contribution is 5.76. The fourth-order valence-electron chi connectivity index (χ4n) is 10.0. The summed E-state index contributed by atoms with van der Waals surface area (Å²) < 4.78 is 5.49. The quantitative estimate of drug-likeness (QED) is 0.0320. The van der Waals surface area contributed by atoms with E-state index in [1.807, 2.05) is 6.08 Å². The number of carbonyl (C=O) groups excluding carboxylic acids is 2. The van der Waals surface area contributed by atoms with E-state index in [-0.39, 0.29) is 18.5 Å². The lowest BCUT2D eigenvalue weighted by molar-refractivity contribution is -0.143. The van der Waals surface area contributed by atoms with Crippen LogP contribution in [-0.4, -0.2) is 47.4 Å². The highest BCUT2D eigenvalue weighted by atomic mass is 16.5. The lowest BCUT2D eigenvalue weighted by Gasteiger charge is -2.20. The molecule has 71 heavy (non-hydrogen) atoms. The van der Waals surface area contributed by atoms with Crippen LogP contribution in [-0.2, 0) is 14.3 Å². The van der Waals surface area contributed by atoms with Crippen molar-refractivity contribution in [1.82, 2.24) is 5.32 Å². The van der Waals surface area contributed by atoms with Gasteiger partial charge in [-0.3, -0.25) is 9.59 Å². The lowest BCUT2D eigenvalue weighted by atomic mass is 10.0. The highest BCUT2D eigenvalue weighted by Gasteiger charge is 2.18. The fourth-order valence-corrected chi connectivity index (χ4v) is 10.0. The van der Waals surface area contributed by atoms with Gasteiger partial charge in [0.15, 0.2) is 0 Å². The van der Waals surface area contributed by atoms with Crippen LogP contribution in [0.1, 0.15) is 354 Å². The number of rotatable bonds is 60. The molecule has 6 nitrogen and oxygen atoms in total. The number of hydrogen-bond acceptors (Lipinski definition) is 5. The average Bonchev–Trinajstić information content (AvgIpc) is 3.37. The smallest absolute Gasteiger partial charge is 0.305 e. The van der Waals surface area contributed by atoms with E-state index in [1.54, 1.807) is 6.08 Å². The topological polar surface area (TPSA) is 95.9 Å². The van der Waals surface area contributed by atoms with E-state index in [0.717, 1.165) is 57.8 Å². The number of allylic oxidation sites excluding steroid dienone is 3. The molecule has 0 aromatic heterocycles. The van der Waals surface area contributed by atoms with Crippen molar-refractivity contribution in [3.63, 3.8) is 0 Å². The first-order chi connectivity index (χ1) is 35.0. The molecule has 420 valence electrons. The van der Waals surface area contributed by atoms with E-state index in [9.17, 15) is 19.8 Å². The number of hydrogen-bond donors (Lipinski definition) is 3. The summed E-state index contributed by atoms with van der Waals surface area (Å²) >= 11 is 0. The Morgan fingerprint density at radius 3 is 1.00 bits per heavy atom. The molecule has 0 heterocycles. The van der Waals surface area contributed by atoms with Gasteiger partial charge in [-0.2, -0.15) is 0 Å². The Morgan fingerprint density at radius 1 is 0.380 bits per heavy atom. The molecular weight excluding hydrogens is 875 g/mol. The molecule has 0 aliphatic heterocycles. The minimum absolute atomic E-state index is 0.00185. The van der Waals surface area contributed by atoms with Crippen LogP contribution >= 0.6 is 0 Å². The number of amides is 1. The van der Waals surface area contributed by atoms with Gasteiger partial charge in [0, 0.05) is 12.8 Å². The number of nitrogens with one attached hydrogen (secondary N) is 1. The molecule has 0 saturated heterocycles. The fraction of sp³-hybridized carbons (Fsp3) is 0.908. The number of aliphatic hydroxyl groups excluding tert-OH is 2. The van der Waals surface area contributed by atoms with Gasteiger partial charge in [-0.1, -0.05) is 308 Å². The zero-order valence-corrected chi connectivity index (χ0v) is 48.0. The highest BCUT2D eigenvalue weighted by Crippen LogP contribution is 2.18. The van der Waals surface area contributed by atoms with Gasteiger partial charge in [-0.25, -0.2) is 0 Å². The van der Waals surface area contributed by atoms with Crippen LogP contribution in [0.4, 0.5) is 0 Å². The lowest BCUT2D eigenvalue weighted by Crippen LogP contribution is -2.45. The molecule has 0 aromatic carbocycles. The Kier molecular flexibility index (Phi) is 59.5. The van der Waals surface area contributed by atoms with Crippen molar-refractivity contribution in [2.45, 2.75) is 366 Å². The first-order valence-corrected chi connectivity index (χ1v) is 32.1. The number of ether oxygens (including phenoxy) is 1. The Labute approximate surface area is 443 Å². The van der Waals surface area contributed by atoms with E-state index < -0.39 is 12.1 Å². The zero-order valence-electron chi connectivity index (χ0n) is 48.0. The molecule has 3 N–H and O–H groups in total. The molecule has 0 aliphatic rings. The molecule has 6 heteroatoms. The van der Waals surface area contributed by atoms with Crippen molar-refractivity contribution in [3.05, 3.63) is 24.3 Å². The van der Waals surface area contributed by atoms with Crippen LogP contribution in [0.5, 0.6) is 0 Å². The van der Waals surface area contributed by atoms with Crippen molar-refractivity contribution in [1.29, 1.82) is 0 Å². The Balaban J connectivity index is 3.46. The van der Waals surface area contributed by atoms with Crippen molar-refractivity contribution in [3.8, 4) is 0 Å².